The van der Waals surface area contributed by atoms with Crippen molar-refractivity contribution in [3.8, 4) is 5.75 Å². The second-order valence-corrected chi connectivity index (χ2v) is 6.64. The van der Waals surface area contributed by atoms with Crippen LogP contribution in [0.2, 0.25) is 0 Å². The molecule has 3 rings (SSSR count). The molecule has 138 valence electrons. The molecule has 1 aromatic heterocycles. The standard InChI is InChI=1S/C17H22F3N3O2/c1-3-4-15(24)22-5-6-23-13(10-22)7-11(2)25-14-8-12(17(18,19)20)9-21-16(14)23/h8-9,11,13H,3-7,10H2,1-2H3/t11?,13-/m1/s1. The third-order valence-electron chi connectivity index (χ3n) is 4.66. The van der Waals surface area contributed by atoms with Gasteiger partial charge in [0, 0.05) is 38.7 Å². The van der Waals surface area contributed by atoms with Crippen LogP contribution in [0.25, 0.3) is 0 Å². The predicted molar refractivity (Wildman–Crippen MR) is 86.6 cm³/mol. The van der Waals surface area contributed by atoms with Crippen molar-refractivity contribution in [2.45, 2.75) is 51.4 Å². The van der Waals surface area contributed by atoms with Gasteiger partial charge in [0.1, 0.15) is 0 Å². The molecule has 5 nitrogen and oxygen atoms in total. The maximum absolute atomic E-state index is 12.9. The summed E-state index contributed by atoms with van der Waals surface area (Å²) in [6, 6.07) is 1.02. The lowest BCUT2D eigenvalue weighted by atomic mass is 10.0. The molecule has 0 spiro atoms. The Kier molecular flexibility index (Phi) is 4.79. The summed E-state index contributed by atoms with van der Waals surface area (Å²) in [7, 11) is 0. The number of piperazine rings is 1. The van der Waals surface area contributed by atoms with Crippen LogP contribution in [0.4, 0.5) is 19.0 Å². The van der Waals surface area contributed by atoms with Gasteiger partial charge >= 0.3 is 6.18 Å². The number of ether oxygens (including phenoxy) is 1. The number of hydrogen-bond acceptors (Lipinski definition) is 4. The molecule has 0 bridgehead atoms. The highest BCUT2D eigenvalue weighted by Gasteiger charge is 2.38. The fourth-order valence-electron chi connectivity index (χ4n) is 3.48. The largest absolute Gasteiger partial charge is 0.487 e. The summed E-state index contributed by atoms with van der Waals surface area (Å²) in [6.07, 6.45) is -1.90. The van der Waals surface area contributed by atoms with Gasteiger partial charge < -0.3 is 14.5 Å². The first-order valence-corrected chi connectivity index (χ1v) is 8.58. The van der Waals surface area contributed by atoms with E-state index in [0.29, 0.717) is 38.3 Å². The number of hydrogen-bond donors (Lipinski definition) is 0. The normalized spacial score (nSPS) is 23.4. The maximum atomic E-state index is 12.9. The van der Waals surface area contributed by atoms with Gasteiger partial charge in [0.25, 0.3) is 0 Å². The van der Waals surface area contributed by atoms with Crippen LogP contribution in [-0.2, 0) is 11.0 Å². The van der Waals surface area contributed by atoms with Gasteiger partial charge in [0.2, 0.25) is 5.91 Å². The highest BCUT2D eigenvalue weighted by molar-refractivity contribution is 5.76. The van der Waals surface area contributed by atoms with Gasteiger partial charge in [0.15, 0.2) is 11.6 Å². The van der Waals surface area contributed by atoms with Crippen molar-refractivity contribution in [1.29, 1.82) is 0 Å². The Hall–Kier alpha value is -1.99. The monoisotopic (exact) mass is 357 g/mol. The Morgan fingerprint density at radius 3 is 2.84 bits per heavy atom. The van der Waals surface area contributed by atoms with Gasteiger partial charge in [-0.05, 0) is 19.4 Å². The molecule has 0 aromatic carbocycles. The van der Waals surface area contributed by atoms with Gasteiger partial charge in [-0.3, -0.25) is 4.79 Å². The molecule has 1 unspecified atom stereocenters. The summed E-state index contributed by atoms with van der Waals surface area (Å²) in [4.78, 5) is 20.0. The van der Waals surface area contributed by atoms with E-state index in [1.54, 1.807) is 0 Å². The van der Waals surface area contributed by atoms with E-state index >= 15 is 0 Å². The molecule has 1 fully saturated rings. The van der Waals surface area contributed by atoms with E-state index in [1.807, 2.05) is 23.6 Å². The SMILES string of the molecule is CCCC(=O)N1CCN2c3ncc(C(F)(F)F)cc3OC(C)C[C@@H]2C1. The van der Waals surface area contributed by atoms with Crippen molar-refractivity contribution in [3.05, 3.63) is 17.8 Å². The summed E-state index contributed by atoms with van der Waals surface area (Å²) in [5, 5.41) is 0. The zero-order chi connectivity index (χ0) is 18.2. The highest BCUT2D eigenvalue weighted by atomic mass is 19.4. The summed E-state index contributed by atoms with van der Waals surface area (Å²) in [6.45, 7) is 5.44. The highest BCUT2D eigenvalue weighted by Crippen LogP contribution is 2.39. The lowest BCUT2D eigenvalue weighted by molar-refractivity contribution is -0.138. The Morgan fingerprint density at radius 2 is 2.16 bits per heavy atom. The van der Waals surface area contributed by atoms with Crippen molar-refractivity contribution >= 4 is 11.7 Å². The number of carbonyl (C=O) groups is 1. The van der Waals surface area contributed by atoms with Crippen LogP contribution >= 0.6 is 0 Å². The second-order valence-electron chi connectivity index (χ2n) is 6.64. The first-order valence-electron chi connectivity index (χ1n) is 8.58. The van der Waals surface area contributed by atoms with Crippen molar-refractivity contribution in [2.24, 2.45) is 0 Å². The molecule has 0 N–H and O–H groups in total. The first kappa shape index (κ1) is 17.8. The van der Waals surface area contributed by atoms with Crippen molar-refractivity contribution < 1.29 is 22.7 Å². The van der Waals surface area contributed by atoms with Crippen LogP contribution < -0.4 is 9.64 Å². The quantitative estimate of drug-likeness (QED) is 0.816. The lowest BCUT2D eigenvalue weighted by Crippen LogP contribution is -2.55. The zero-order valence-electron chi connectivity index (χ0n) is 14.3. The number of alkyl halides is 3. The fraction of sp³-hybridized carbons (Fsp3) is 0.647. The number of anilines is 1. The number of rotatable bonds is 2. The molecular weight excluding hydrogens is 335 g/mol. The number of carbonyl (C=O) groups excluding carboxylic acids is 1. The minimum atomic E-state index is -4.45. The summed E-state index contributed by atoms with van der Waals surface area (Å²) >= 11 is 0. The molecule has 2 aliphatic rings. The van der Waals surface area contributed by atoms with Gasteiger partial charge in [-0.2, -0.15) is 13.2 Å². The van der Waals surface area contributed by atoms with Crippen LogP contribution in [0.1, 0.15) is 38.7 Å². The second kappa shape index (κ2) is 6.72. The minimum Gasteiger partial charge on any atom is -0.487 e. The van der Waals surface area contributed by atoms with Crippen LogP contribution in [0.5, 0.6) is 5.75 Å². The molecule has 2 atom stereocenters. The number of halogens is 3. The molecular formula is C17H22F3N3O2. The van der Waals surface area contributed by atoms with Gasteiger partial charge in [-0.15, -0.1) is 0 Å². The Balaban J connectivity index is 1.87. The average Bonchev–Trinajstić information content (AvgIpc) is 2.68. The summed E-state index contributed by atoms with van der Waals surface area (Å²) < 4.78 is 44.6. The Bertz CT molecular complexity index is 651. The van der Waals surface area contributed by atoms with Gasteiger partial charge in [-0.1, -0.05) is 6.92 Å². The summed E-state index contributed by atoms with van der Waals surface area (Å²) in [5.41, 5.74) is -0.811. The molecule has 0 radical (unpaired) electrons. The topological polar surface area (TPSA) is 45.7 Å². The third-order valence-corrected chi connectivity index (χ3v) is 4.66. The molecule has 0 aliphatic carbocycles. The van der Waals surface area contributed by atoms with Crippen LogP contribution in [-0.4, -0.2) is 47.6 Å². The van der Waals surface area contributed by atoms with Crippen molar-refractivity contribution in [1.82, 2.24) is 9.88 Å². The number of pyridine rings is 1. The molecule has 8 heteroatoms. The van der Waals surface area contributed by atoms with E-state index in [1.165, 1.54) is 0 Å². The predicted octanol–water partition coefficient (Wildman–Crippen LogP) is 3.09. The van der Waals surface area contributed by atoms with E-state index in [-0.39, 0.29) is 23.8 Å². The molecule has 2 aliphatic heterocycles. The first-order chi connectivity index (χ1) is 11.8. The van der Waals surface area contributed by atoms with Gasteiger partial charge in [-0.25, -0.2) is 4.98 Å². The minimum absolute atomic E-state index is 0.00459. The van der Waals surface area contributed by atoms with E-state index in [9.17, 15) is 18.0 Å². The van der Waals surface area contributed by atoms with E-state index in [2.05, 4.69) is 4.98 Å². The maximum Gasteiger partial charge on any atom is 0.418 e. The van der Waals surface area contributed by atoms with Crippen LogP contribution in [0.3, 0.4) is 0 Å². The fourth-order valence-corrected chi connectivity index (χ4v) is 3.48. The van der Waals surface area contributed by atoms with Crippen LogP contribution in [0.15, 0.2) is 12.3 Å². The van der Waals surface area contributed by atoms with Crippen molar-refractivity contribution in [2.75, 3.05) is 24.5 Å². The molecule has 1 saturated heterocycles. The number of aromatic nitrogens is 1. The average molecular weight is 357 g/mol. The number of amides is 1. The smallest absolute Gasteiger partial charge is 0.418 e. The zero-order valence-corrected chi connectivity index (χ0v) is 14.3. The van der Waals surface area contributed by atoms with Gasteiger partial charge in [0.05, 0.1) is 17.7 Å². The summed E-state index contributed by atoms with van der Waals surface area (Å²) in [5.74, 6) is 0.726. The number of nitrogens with zero attached hydrogens (tertiary/aromatic N) is 3. The third kappa shape index (κ3) is 3.67. The molecule has 25 heavy (non-hydrogen) atoms. The molecule has 1 aromatic rings. The van der Waals surface area contributed by atoms with E-state index < -0.39 is 11.7 Å². The number of fused-ring (bicyclic) bond motifs is 3. The molecule has 0 saturated carbocycles. The lowest BCUT2D eigenvalue weighted by Gasteiger charge is -2.41. The van der Waals surface area contributed by atoms with Crippen LogP contribution in [0, 0.1) is 0 Å². The molecule has 1 amide bonds. The Morgan fingerprint density at radius 1 is 1.40 bits per heavy atom. The van der Waals surface area contributed by atoms with Crippen molar-refractivity contribution in [3.63, 3.8) is 0 Å². The van der Waals surface area contributed by atoms with E-state index in [4.69, 9.17) is 4.74 Å². The van der Waals surface area contributed by atoms with E-state index in [0.717, 1.165) is 18.7 Å². The Labute approximate surface area is 144 Å². The molecule has 3 heterocycles.